The van der Waals surface area contributed by atoms with Gasteiger partial charge in [0, 0.05) is 11.5 Å². The zero-order valence-corrected chi connectivity index (χ0v) is 13.1. The third kappa shape index (κ3) is 5.59. The summed E-state index contributed by atoms with van der Waals surface area (Å²) in [4.78, 5) is 0. The van der Waals surface area contributed by atoms with Crippen molar-refractivity contribution in [3.8, 4) is 0 Å². The number of hydrogen-bond donors (Lipinski definition) is 0. The molecule has 0 saturated carbocycles. The summed E-state index contributed by atoms with van der Waals surface area (Å²) in [6.07, 6.45) is 4.39. The Balaban J connectivity index is 2.94. The normalized spacial score (nSPS) is 13.5. The van der Waals surface area contributed by atoms with E-state index in [1.54, 1.807) is 0 Å². The first-order valence-electron chi connectivity index (χ1n) is 6.50. The van der Waals surface area contributed by atoms with E-state index in [-0.39, 0.29) is 0 Å². The summed E-state index contributed by atoms with van der Waals surface area (Å²) in [5, 5.41) is 0.787. The van der Waals surface area contributed by atoms with Gasteiger partial charge in [0.25, 0.3) is 0 Å². The first-order valence-corrected chi connectivity index (χ1v) is 8.31. The molecule has 0 aliphatic rings. The van der Waals surface area contributed by atoms with Crippen LogP contribution in [0.1, 0.15) is 27.7 Å². The Kier molecular flexibility index (Phi) is 6.27. The molecule has 0 saturated heterocycles. The molecular formula is C16H23O2P. The van der Waals surface area contributed by atoms with E-state index in [4.69, 9.17) is 4.52 Å². The van der Waals surface area contributed by atoms with Crippen molar-refractivity contribution in [3.63, 3.8) is 0 Å². The predicted octanol–water partition coefficient (Wildman–Crippen LogP) is 4.54. The van der Waals surface area contributed by atoms with Crippen LogP contribution in [-0.4, -0.2) is 12.8 Å². The average molecular weight is 278 g/mol. The van der Waals surface area contributed by atoms with Crippen molar-refractivity contribution < 1.29 is 9.09 Å². The Bertz CT molecular complexity index is 493. The van der Waals surface area contributed by atoms with Gasteiger partial charge >= 0.3 is 0 Å². The van der Waals surface area contributed by atoms with E-state index >= 15 is 0 Å². The van der Waals surface area contributed by atoms with Crippen LogP contribution in [0.25, 0.3) is 0 Å². The third-order valence-electron chi connectivity index (χ3n) is 2.66. The summed E-state index contributed by atoms with van der Waals surface area (Å²) in [7, 11) is -2.80. The second kappa shape index (κ2) is 7.47. The van der Waals surface area contributed by atoms with Gasteiger partial charge in [-0.05, 0) is 39.8 Å². The van der Waals surface area contributed by atoms with Crippen LogP contribution in [0.4, 0.5) is 0 Å². The zero-order chi connectivity index (χ0) is 14.3. The quantitative estimate of drug-likeness (QED) is 0.564. The van der Waals surface area contributed by atoms with E-state index in [9.17, 15) is 4.57 Å². The second-order valence-electron chi connectivity index (χ2n) is 5.05. The van der Waals surface area contributed by atoms with Gasteiger partial charge in [0.05, 0.1) is 6.61 Å². The van der Waals surface area contributed by atoms with E-state index in [0.29, 0.717) is 12.8 Å². The van der Waals surface area contributed by atoms with E-state index in [2.05, 4.69) is 0 Å². The predicted molar refractivity (Wildman–Crippen MR) is 83.4 cm³/mol. The topological polar surface area (TPSA) is 26.3 Å². The Hall–Kier alpha value is -1.11. The molecule has 1 unspecified atom stereocenters. The largest absolute Gasteiger partial charge is 0.321 e. The molecule has 1 aromatic carbocycles. The minimum Gasteiger partial charge on any atom is -0.321 e. The Morgan fingerprint density at radius 2 is 1.63 bits per heavy atom. The van der Waals surface area contributed by atoms with Crippen molar-refractivity contribution in [2.24, 2.45) is 0 Å². The molecule has 3 heteroatoms. The smallest absolute Gasteiger partial charge is 0.236 e. The molecule has 0 fully saturated rings. The first kappa shape index (κ1) is 15.9. The standard InChI is InChI=1S/C16H23O2P/c1-14(2)10-12-18-19(17,13-11-15(3)4)16-8-6-5-7-9-16/h5-11H,12-13H2,1-4H3. The molecule has 0 heterocycles. The molecule has 104 valence electrons. The van der Waals surface area contributed by atoms with Gasteiger partial charge in [-0.25, -0.2) is 0 Å². The molecule has 0 N–H and O–H groups in total. The second-order valence-corrected chi connectivity index (χ2v) is 7.54. The molecule has 2 nitrogen and oxygen atoms in total. The lowest BCUT2D eigenvalue weighted by Crippen LogP contribution is -2.10. The molecular weight excluding hydrogens is 255 g/mol. The van der Waals surface area contributed by atoms with Gasteiger partial charge < -0.3 is 4.52 Å². The highest BCUT2D eigenvalue weighted by atomic mass is 31.2. The fourth-order valence-electron chi connectivity index (χ4n) is 1.51. The summed E-state index contributed by atoms with van der Waals surface area (Å²) in [6.45, 7) is 8.42. The lowest BCUT2D eigenvalue weighted by Gasteiger charge is -2.17. The van der Waals surface area contributed by atoms with Crippen molar-refractivity contribution in [1.82, 2.24) is 0 Å². The number of benzene rings is 1. The van der Waals surface area contributed by atoms with Crippen molar-refractivity contribution in [2.75, 3.05) is 12.8 Å². The molecule has 0 radical (unpaired) electrons. The number of allylic oxidation sites excluding steroid dienone is 3. The summed E-state index contributed by atoms with van der Waals surface area (Å²) < 4.78 is 18.7. The molecule has 0 amide bonds. The molecule has 1 aromatic rings. The molecule has 1 rings (SSSR count). The van der Waals surface area contributed by atoms with Crippen LogP contribution in [-0.2, 0) is 9.09 Å². The SMILES string of the molecule is CC(C)=CCOP(=O)(CC=C(C)C)c1ccccc1. The number of rotatable bonds is 6. The van der Waals surface area contributed by atoms with Gasteiger partial charge in [-0.1, -0.05) is 41.5 Å². The van der Waals surface area contributed by atoms with Crippen molar-refractivity contribution in [3.05, 3.63) is 53.6 Å². The molecule has 0 aliphatic heterocycles. The van der Waals surface area contributed by atoms with Crippen LogP contribution in [0.15, 0.2) is 53.6 Å². The van der Waals surface area contributed by atoms with Gasteiger partial charge in [0.1, 0.15) is 0 Å². The first-order chi connectivity index (χ1) is 8.94. The Labute approximate surface area is 116 Å². The van der Waals surface area contributed by atoms with Crippen molar-refractivity contribution in [2.45, 2.75) is 27.7 Å². The van der Waals surface area contributed by atoms with Gasteiger partial charge in [-0.2, -0.15) is 0 Å². The zero-order valence-electron chi connectivity index (χ0n) is 12.2. The Morgan fingerprint density at radius 3 is 2.16 bits per heavy atom. The minimum atomic E-state index is -2.80. The van der Waals surface area contributed by atoms with Gasteiger partial charge in [-0.15, -0.1) is 0 Å². The molecule has 0 aliphatic carbocycles. The summed E-state index contributed by atoms with van der Waals surface area (Å²) in [6, 6.07) is 9.47. The third-order valence-corrected chi connectivity index (χ3v) is 4.98. The fourth-order valence-corrected chi connectivity index (χ4v) is 3.53. The van der Waals surface area contributed by atoms with Gasteiger partial charge in [-0.3, -0.25) is 4.57 Å². The van der Waals surface area contributed by atoms with E-state index in [1.807, 2.05) is 70.2 Å². The Morgan fingerprint density at radius 1 is 1.05 bits per heavy atom. The van der Waals surface area contributed by atoms with Gasteiger partial charge in [0.15, 0.2) is 0 Å². The molecule has 0 spiro atoms. The van der Waals surface area contributed by atoms with Crippen LogP contribution >= 0.6 is 7.37 Å². The highest BCUT2D eigenvalue weighted by Crippen LogP contribution is 2.45. The van der Waals surface area contributed by atoms with E-state index < -0.39 is 7.37 Å². The maximum absolute atomic E-state index is 13.0. The maximum Gasteiger partial charge on any atom is 0.236 e. The lowest BCUT2D eigenvalue weighted by molar-refractivity contribution is 0.362. The average Bonchev–Trinajstić information content (AvgIpc) is 2.37. The van der Waals surface area contributed by atoms with E-state index in [1.165, 1.54) is 5.57 Å². The minimum absolute atomic E-state index is 0.394. The van der Waals surface area contributed by atoms with Gasteiger partial charge in [0.2, 0.25) is 7.37 Å². The van der Waals surface area contributed by atoms with Crippen LogP contribution < -0.4 is 5.30 Å². The number of hydrogen-bond acceptors (Lipinski definition) is 2. The molecule has 0 aromatic heterocycles. The molecule has 0 bridgehead atoms. The summed E-state index contributed by atoms with van der Waals surface area (Å²) in [5.74, 6) is 0. The van der Waals surface area contributed by atoms with E-state index in [0.717, 1.165) is 10.9 Å². The lowest BCUT2D eigenvalue weighted by atomic mass is 10.3. The monoisotopic (exact) mass is 278 g/mol. The highest BCUT2D eigenvalue weighted by Gasteiger charge is 2.23. The molecule has 1 atom stereocenters. The fraction of sp³-hybridized carbons (Fsp3) is 0.375. The van der Waals surface area contributed by atoms with Crippen LogP contribution in [0.3, 0.4) is 0 Å². The molecule has 19 heavy (non-hydrogen) atoms. The highest BCUT2D eigenvalue weighted by molar-refractivity contribution is 7.67. The maximum atomic E-state index is 13.0. The van der Waals surface area contributed by atoms with Crippen molar-refractivity contribution in [1.29, 1.82) is 0 Å². The summed E-state index contributed by atoms with van der Waals surface area (Å²) >= 11 is 0. The van der Waals surface area contributed by atoms with Crippen LogP contribution in [0.5, 0.6) is 0 Å². The summed E-state index contributed by atoms with van der Waals surface area (Å²) in [5.41, 5.74) is 2.32. The van der Waals surface area contributed by atoms with Crippen LogP contribution in [0, 0.1) is 0 Å². The van der Waals surface area contributed by atoms with Crippen molar-refractivity contribution >= 4 is 12.7 Å². The van der Waals surface area contributed by atoms with Crippen LogP contribution in [0.2, 0.25) is 0 Å².